The predicted molar refractivity (Wildman–Crippen MR) is 129 cm³/mol. The van der Waals surface area contributed by atoms with Crippen LogP contribution in [0.4, 0.5) is 15.0 Å². The van der Waals surface area contributed by atoms with Crippen molar-refractivity contribution in [1.82, 2.24) is 25.0 Å². The van der Waals surface area contributed by atoms with Gasteiger partial charge in [-0.25, -0.2) is 14.2 Å². The number of nitrogens with two attached hydrogens (primary N) is 1. The minimum Gasteiger partial charge on any atom is -0.485 e. The first-order valence-corrected chi connectivity index (χ1v) is 12.3. The van der Waals surface area contributed by atoms with Gasteiger partial charge < -0.3 is 20.7 Å². The van der Waals surface area contributed by atoms with Gasteiger partial charge in [0.15, 0.2) is 11.6 Å². The molecule has 4 heterocycles. The van der Waals surface area contributed by atoms with Crippen LogP contribution in [0.1, 0.15) is 43.4 Å². The largest absolute Gasteiger partial charge is 0.485 e. The highest BCUT2D eigenvalue weighted by molar-refractivity contribution is 5.75. The van der Waals surface area contributed by atoms with Crippen LogP contribution >= 0.6 is 0 Å². The standard InChI is InChI=1S/C26H29FN6O2/c27-20-7-2-1-4-17(20)15-35-22-12-18(14-29-24(22)28)21-13-23-26(9-11-33(23)31-21)8-10-32(16-26)25(34)30-19-5-3-6-19/h1-2,4,7,12-14,19H,3,5-6,8-11,15-16H2,(H2,28,29)(H,30,34). The van der Waals surface area contributed by atoms with E-state index >= 15 is 0 Å². The molecule has 35 heavy (non-hydrogen) atoms. The monoisotopic (exact) mass is 476 g/mol. The van der Waals surface area contributed by atoms with Crippen molar-refractivity contribution in [2.75, 3.05) is 18.8 Å². The van der Waals surface area contributed by atoms with Crippen LogP contribution in [0.2, 0.25) is 0 Å². The minimum atomic E-state index is -0.321. The summed E-state index contributed by atoms with van der Waals surface area (Å²) in [5.41, 5.74) is 9.16. The highest BCUT2D eigenvalue weighted by Gasteiger charge is 2.47. The van der Waals surface area contributed by atoms with Gasteiger partial charge in [-0.1, -0.05) is 18.2 Å². The van der Waals surface area contributed by atoms with Crippen LogP contribution in [0.15, 0.2) is 42.6 Å². The van der Waals surface area contributed by atoms with Crippen molar-refractivity contribution in [3.8, 4) is 17.0 Å². The molecule has 1 saturated carbocycles. The zero-order valence-corrected chi connectivity index (χ0v) is 19.5. The van der Waals surface area contributed by atoms with E-state index in [9.17, 15) is 9.18 Å². The average Bonchev–Trinajstić information content (AvgIpc) is 3.53. The number of rotatable bonds is 5. The molecule has 1 saturated heterocycles. The average molecular weight is 477 g/mol. The van der Waals surface area contributed by atoms with Crippen LogP contribution in [0.5, 0.6) is 5.75 Å². The molecule has 0 bridgehead atoms. The zero-order valence-electron chi connectivity index (χ0n) is 19.5. The summed E-state index contributed by atoms with van der Waals surface area (Å²) < 4.78 is 21.8. The second-order valence-corrected chi connectivity index (χ2v) is 9.90. The molecule has 2 amide bonds. The topological polar surface area (TPSA) is 98.3 Å². The highest BCUT2D eigenvalue weighted by Crippen LogP contribution is 2.44. The van der Waals surface area contributed by atoms with Gasteiger partial charge in [0.1, 0.15) is 12.4 Å². The number of nitrogens with zero attached hydrogens (tertiary/aromatic N) is 4. The van der Waals surface area contributed by atoms with Gasteiger partial charge in [-0.15, -0.1) is 0 Å². The van der Waals surface area contributed by atoms with E-state index in [0.29, 0.717) is 23.9 Å². The van der Waals surface area contributed by atoms with E-state index in [1.54, 1.807) is 30.5 Å². The fraction of sp³-hybridized carbons (Fsp3) is 0.423. The number of pyridine rings is 1. The summed E-state index contributed by atoms with van der Waals surface area (Å²) in [5.74, 6) is 0.323. The Morgan fingerprint density at radius 2 is 2.06 bits per heavy atom. The van der Waals surface area contributed by atoms with Crippen LogP contribution in [0.25, 0.3) is 11.3 Å². The first-order valence-electron chi connectivity index (χ1n) is 12.3. The number of likely N-dealkylation sites (tertiary alicyclic amines) is 1. The molecule has 3 N–H and O–H groups in total. The second-order valence-electron chi connectivity index (χ2n) is 9.90. The summed E-state index contributed by atoms with van der Waals surface area (Å²) in [6.07, 6.45) is 6.98. The van der Waals surface area contributed by atoms with E-state index in [1.165, 1.54) is 12.5 Å². The minimum absolute atomic E-state index is 0.0591. The summed E-state index contributed by atoms with van der Waals surface area (Å²) >= 11 is 0. The molecule has 2 fully saturated rings. The molecule has 1 aromatic carbocycles. The first kappa shape index (κ1) is 21.9. The zero-order chi connectivity index (χ0) is 24.0. The molecular formula is C26H29FN6O2. The van der Waals surface area contributed by atoms with Crippen LogP contribution in [-0.2, 0) is 18.6 Å². The number of urea groups is 1. The second kappa shape index (κ2) is 8.55. The molecule has 1 atom stereocenters. The van der Waals surface area contributed by atoms with Gasteiger partial charge in [-0.3, -0.25) is 4.68 Å². The third-order valence-electron chi connectivity index (χ3n) is 7.72. The van der Waals surface area contributed by atoms with E-state index in [-0.39, 0.29) is 29.7 Å². The van der Waals surface area contributed by atoms with Gasteiger partial charge in [0.2, 0.25) is 0 Å². The summed E-state index contributed by atoms with van der Waals surface area (Å²) in [6, 6.07) is 10.8. The van der Waals surface area contributed by atoms with Crippen LogP contribution in [-0.4, -0.2) is 44.8 Å². The van der Waals surface area contributed by atoms with Crippen molar-refractivity contribution in [1.29, 1.82) is 0 Å². The number of anilines is 1. The number of aryl methyl sites for hydroxylation is 1. The Bertz CT molecular complexity index is 1270. The third-order valence-corrected chi connectivity index (χ3v) is 7.72. The highest BCUT2D eigenvalue weighted by atomic mass is 19.1. The van der Waals surface area contributed by atoms with Crippen LogP contribution in [0, 0.1) is 5.82 Å². The lowest BCUT2D eigenvalue weighted by Gasteiger charge is -2.30. The first-order chi connectivity index (χ1) is 17.0. The molecular weight excluding hydrogens is 447 g/mol. The number of halogens is 1. The van der Waals surface area contributed by atoms with Crippen molar-refractivity contribution in [3.05, 3.63) is 59.7 Å². The Kier molecular flexibility index (Phi) is 5.35. The lowest BCUT2D eigenvalue weighted by Crippen LogP contribution is -2.47. The van der Waals surface area contributed by atoms with E-state index < -0.39 is 0 Å². The van der Waals surface area contributed by atoms with Crippen LogP contribution < -0.4 is 15.8 Å². The summed E-state index contributed by atoms with van der Waals surface area (Å²) in [5, 5.41) is 7.99. The Hall–Kier alpha value is -3.62. The summed E-state index contributed by atoms with van der Waals surface area (Å²) in [7, 11) is 0. The van der Waals surface area contributed by atoms with E-state index in [0.717, 1.165) is 55.7 Å². The van der Waals surface area contributed by atoms with Crippen molar-refractivity contribution in [3.63, 3.8) is 0 Å². The van der Waals surface area contributed by atoms with E-state index in [4.69, 9.17) is 15.6 Å². The number of fused-ring (bicyclic) bond motifs is 2. The quantitative estimate of drug-likeness (QED) is 0.583. The van der Waals surface area contributed by atoms with Crippen LogP contribution in [0.3, 0.4) is 0 Å². The normalized spacial score (nSPS) is 21.2. The molecule has 8 nitrogen and oxygen atoms in total. The van der Waals surface area contributed by atoms with Gasteiger partial charge in [0, 0.05) is 54.1 Å². The predicted octanol–water partition coefficient (Wildman–Crippen LogP) is 3.85. The summed E-state index contributed by atoms with van der Waals surface area (Å²) in [6.45, 7) is 2.36. The lowest BCUT2D eigenvalue weighted by molar-refractivity contribution is 0.193. The number of amides is 2. The fourth-order valence-electron chi connectivity index (χ4n) is 5.36. The van der Waals surface area contributed by atoms with E-state index in [1.807, 2.05) is 4.90 Å². The van der Waals surface area contributed by atoms with Gasteiger partial charge >= 0.3 is 6.03 Å². The molecule has 2 aromatic heterocycles. The smallest absolute Gasteiger partial charge is 0.317 e. The number of nitrogen functional groups attached to an aromatic ring is 1. The van der Waals surface area contributed by atoms with Gasteiger partial charge in [0.25, 0.3) is 0 Å². The molecule has 1 aliphatic carbocycles. The number of nitrogens with one attached hydrogen (secondary N) is 1. The van der Waals surface area contributed by atoms with Gasteiger partial charge in [-0.2, -0.15) is 5.10 Å². The van der Waals surface area contributed by atoms with Crippen molar-refractivity contribution in [2.24, 2.45) is 0 Å². The molecule has 3 aliphatic rings. The number of aromatic nitrogens is 3. The molecule has 1 spiro atoms. The SMILES string of the molecule is Nc1ncc(-c2cc3n(n2)CCC32CCN(C(=O)NC3CCC3)C2)cc1OCc1ccccc1F. The Labute approximate surface area is 203 Å². The maximum absolute atomic E-state index is 14.0. The van der Waals surface area contributed by atoms with Crippen molar-refractivity contribution < 1.29 is 13.9 Å². The number of carbonyl (C=O) groups is 1. The van der Waals surface area contributed by atoms with Crippen molar-refractivity contribution >= 4 is 11.8 Å². The molecule has 1 unspecified atom stereocenters. The van der Waals surface area contributed by atoms with Gasteiger partial charge in [0.05, 0.1) is 5.69 Å². The van der Waals surface area contributed by atoms with Gasteiger partial charge in [-0.05, 0) is 50.3 Å². The maximum atomic E-state index is 14.0. The Morgan fingerprint density at radius 3 is 2.86 bits per heavy atom. The molecule has 9 heteroatoms. The maximum Gasteiger partial charge on any atom is 0.317 e. The molecule has 2 aliphatic heterocycles. The molecule has 3 aromatic rings. The number of ether oxygens (including phenoxy) is 1. The summed E-state index contributed by atoms with van der Waals surface area (Å²) in [4.78, 5) is 19.0. The number of hydrogen-bond donors (Lipinski definition) is 2. The third kappa shape index (κ3) is 3.98. The number of carbonyl (C=O) groups excluding carboxylic acids is 1. The molecule has 6 rings (SSSR count). The Balaban J connectivity index is 1.19. The Morgan fingerprint density at radius 1 is 1.23 bits per heavy atom. The number of benzene rings is 1. The molecule has 182 valence electrons. The van der Waals surface area contributed by atoms with E-state index in [2.05, 4.69) is 21.0 Å². The molecule has 0 radical (unpaired) electrons. The van der Waals surface area contributed by atoms with Crippen molar-refractivity contribution in [2.45, 2.75) is 56.7 Å². The lowest BCUT2D eigenvalue weighted by atomic mass is 9.82. The fourth-order valence-corrected chi connectivity index (χ4v) is 5.36. The number of hydrogen-bond acceptors (Lipinski definition) is 5.